The van der Waals surface area contributed by atoms with Gasteiger partial charge in [-0.2, -0.15) is 12.6 Å². The fourth-order valence-electron chi connectivity index (χ4n) is 3.52. The van der Waals surface area contributed by atoms with E-state index >= 15 is 0 Å². The highest BCUT2D eigenvalue weighted by atomic mass is 32.1. The van der Waals surface area contributed by atoms with Crippen LogP contribution in [0.25, 0.3) is 10.9 Å². The standard InChI is InChI=1S/C23H34N6O5S/c1-13(25)20(30)28-18(10-14-11-26-16-7-3-2-6-15(14)16)21(31)29-19(12-35)22(32)27-17(23(33)34)8-4-5-9-24/h2-3,6-7,11,13,17-19,26,35H,4-5,8-10,12,24-25H2,1H3,(H,27,32)(H,28,30)(H,29,31)(H,33,34). The van der Waals surface area contributed by atoms with E-state index in [4.69, 9.17) is 11.5 Å². The van der Waals surface area contributed by atoms with Gasteiger partial charge in [0.2, 0.25) is 17.7 Å². The molecule has 1 aromatic carbocycles. The van der Waals surface area contributed by atoms with Crippen molar-refractivity contribution in [3.8, 4) is 0 Å². The topological polar surface area (TPSA) is 192 Å². The Morgan fingerprint density at radius 1 is 1.00 bits per heavy atom. The van der Waals surface area contributed by atoms with Crippen LogP contribution in [0.15, 0.2) is 30.5 Å². The number of fused-ring (bicyclic) bond motifs is 1. The van der Waals surface area contributed by atoms with E-state index in [9.17, 15) is 24.3 Å². The maximum Gasteiger partial charge on any atom is 0.326 e. The number of amides is 3. The number of benzene rings is 1. The maximum atomic E-state index is 13.1. The van der Waals surface area contributed by atoms with E-state index in [1.54, 1.807) is 6.20 Å². The van der Waals surface area contributed by atoms with Gasteiger partial charge in [0.1, 0.15) is 18.1 Å². The Hall–Kier alpha value is -3.09. The Morgan fingerprint density at radius 3 is 2.26 bits per heavy atom. The lowest BCUT2D eigenvalue weighted by molar-refractivity contribution is -0.142. The second kappa shape index (κ2) is 13.7. The number of thiol groups is 1. The van der Waals surface area contributed by atoms with Crippen LogP contribution in [0, 0.1) is 0 Å². The van der Waals surface area contributed by atoms with Gasteiger partial charge in [-0.05, 0) is 44.4 Å². The van der Waals surface area contributed by atoms with E-state index in [2.05, 4.69) is 33.6 Å². The van der Waals surface area contributed by atoms with Crippen LogP contribution in [0.3, 0.4) is 0 Å². The predicted octanol–water partition coefficient (Wildman–Crippen LogP) is -0.345. The molecule has 4 unspecified atom stereocenters. The highest BCUT2D eigenvalue weighted by Crippen LogP contribution is 2.19. The van der Waals surface area contributed by atoms with Crippen molar-refractivity contribution in [2.24, 2.45) is 11.5 Å². The Morgan fingerprint density at radius 2 is 1.63 bits per heavy atom. The Balaban J connectivity index is 2.15. The summed E-state index contributed by atoms with van der Waals surface area (Å²) in [5.41, 5.74) is 12.8. The third-order valence-corrected chi connectivity index (χ3v) is 5.89. The first-order chi connectivity index (χ1) is 16.7. The van der Waals surface area contributed by atoms with E-state index in [1.165, 1.54) is 6.92 Å². The van der Waals surface area contributed by atoms with Gasteiger partial charge in [-0.1, -0.05) is 18.2 Å². The van der Waals surface area contributed by atoms with Crippen LogP contribution < -0.4 is 27.4 Å². The molecule has 0 aliphatic rings. The van der Waals surface area contributed by atoms with Crippen LogP contribution in [-0.2, 0) is 25.6 Å². The van der Waals surface area contributed by atoms with Gasteiger partial charge in [0.25, 0.3) is 0 Å². The molecular weight excluding hydrogens is 472 g/mol. The van der Waals surface area contributed by atoms with Crippen LogP contribution in [0.5, 0.6) is 0 Å². The minimum Gasteiger partial charge on any atom is -0.480 e. The summed E-state index contributed by atoms with van der Waals surface area (Å²) in [6, 6.07) is 3.42. The largest absolute Gasteiger partial charge is 0.480 e. The molecule has 9 N–H and O–H groups in total. The molecule has 1 aromatic heterocycles. The van der Waals surface area contributed by atoms with Crippen LogP contribution in [0.1, 0.15) is 31.7 Å². The molecule has 0 fully saturated rings. The van der Waals surface area contributed by atoms with E-state index in [0.717, 1.165) is 16.5 Å². The molecule has 0 aliphatic heterocycles. The van der Waals surface area contributed by atoms with E-state index in [0.29, 0.717) is 19.4 Å². The first-order valence-corrected chi connectivity index (χ1v) is 12.1. The summed E-state index contributed by atoms with van der Waals surface area (Å²) in [5.74, 6) is -3.08. The summed E-state index contributed by atoms with van der Waals surface area (Å²) in [6.45, 7) is 1.91. The van der Waals surface area contributed by atoms with E-state index in [1.807, 2.05) is 24.3 Å². The van der Waals surface area contributed by atoms with Gasteiger partial charge in [0, 0.05) is 29.3 Å². The molecule has 0 spiro atoms. The van der Waals surface area contributed by atoms with Gasteiger partial charge in [0.05, 0.1) is 6.04 Å². The molecule has 0 bridgehead atoms. The van der Waals surface area contributed by atoms with Crippen molar-refractivity contribution >= 4 is 47.2 Å². The average Bonchev–Trinajstić information content (AvgIpc) is 3.23. The highest BCUT2D eigenvalue weighted by molar-refractivity contribution is 7.80. The number of carbonyl (C=O) groups is 4. The number of hydrogen-bond acceptors (Lipinski definition) is 7. The quantitative estimate of drug-likeness (QED) is 0.127. The molecule has 0 aliphatic carbocycles. The van der Waals surface area contributed by atoms with Crippen molar-refractivity contribution in [3.63, 3.8) is 0 Å². The summed E-state index contributed by atoms with van der Waals surface area (Å²) in [4.78, 5) is 52.8. The number of nitrogens with two attached hydrogens (primary N) is 2. The highest BCUT2D eigenvalue weighted by Gasteiger charge is 2.29. The summed E-state index contributed by atoms with van der Waals surface area (Å²) < 4.78 is 0. The zero-order valence-corrected chi connectivity index (χ0v) is 20.5. The minimum atomic E-state index is -1.18. The molecule has 0 saturated carbocycles. The monoisotopic (exact) mass is 506 g/mol. The van der Waals surface area contributed by atoms with Crippen molar-refractivity contribution in [2.75, 3.05) is 12.3 Å². The number of hydrogen-bond donors (Lipinski definition) is 8. The Labute approximate surface area is 209 Å². The number of aliphatic carboxylic acids is 1. The van der Waals surface area contributed by atoms with Gasteiger partial charge in [-0.3, -0.25) is 14.4 Å². The molecule has 192 valence electrons. The number of H-pyrrole nitrogens is 1. The minimum absolute atomic E-state index is 0.0756. The number of carbonyl (C=O) groups excluding carboxylic acids is 3. The smallest absolute Gasteiger partial charge is 0.326 e. The second-order valence-corrected chi connectivity index (χ2v) is 8.71. The fraction of sp³-hybridized carbons (Fsp3) is 0.478. The molecular formula is C23H34N6O5S. The van der Waals surface area contributed by atoms with Crippen LogP contribution >= 0.6 is 12.6 Å². The normalized spacial score (nSPS) is 14.5. The predicted molar refractivity (Wildman–Crippen MR) is 136 cm³/mol. The van der Waals surface area contributed by atoms with E-state index in [-0.39, 0.29) is 18.6 Å². The number of carboxylic acids is 1. The molecule has 0 radical (unpaired) electrons. The van der Waals surface area contributed by atoms with Crippen molar-refractivity contribution in [2.45, 2.75) is 56.8 Å². The van der Waals surface area contributed by atoms with Gasteiger partial charge in [-0.15, -0.1) is 0 Å². The zero-order valence-electron chi connectivity index (χ0n) is 19.6. The molecule has 1 heterocycles. The SMILES string of the molecule is CC(N)C(=O)NC(Cc1c[nH]c2ccccc12)C(=O)NC(CS)C(=O)NC(CCCCN)C(=O)O. The lowest BCUT2D eigenvalue weighted by atomic mass is 10.0. The lowest BCUT2D eigenvalue weighted by Gasteiger charge is -2.24. The van der Waals surface area contributed by atoms with Crippen LogP contribution in [-0.4, -0.2) is 70.2 Å². The molecule has 2 rings (SSSR count). The fourth-order valence-corrected chi connectivity index (χ4v) is 3.78. The van der Waals surface area contributed by atoms with E-state index < -0.39 is 47.9 Å². The first-order valence-electron chi connectivity index (χ1n) is 11.4. The Bertz CT molecular complexity index is 1030. The van der Waals surface area contributed by atoms with Crippen LogP contribution in [0.2, 0.25) is 0 Å². The maximum absolute atomic E-state index is 13.1. The third-order valence-electron chi connectivity index (χ3n) is 5.52. The average molecular weight is 507 g/mol. The molecule has 35 heavy (non-hydrogen) atoms. The van der Waals surface area contributed by atoms with Crippen molar-refractivity contribution in [3.05, 3.63) is 36.0 Å². The summed E-state index contributed by atoms with van der Waals surface area (Å²) in [7, 11) is 0. The molecule has 11 nitrogen and oxygen atoms in total. The number of aromatic nitrogens is 1. The molecule has 0 saturated heterocycles. The molecule has 4 atom stereocenters. The molecule has 2 aromatic rings. The lowest BCUT2D eigenvalue weighted by Crippen LogP contribution is -2.58. The molecule has 12 heteroatoms. The number of unbranched alkanes of at least 4 members (excludes halogenated alkanes) is 1. The zero-order chi connectivity index (χ0) is 26.0. The number of nitrogens with one attached hydrogen (secondary N) is 4. The van der Waals surface area contributed by atoms with Crippen LogP contribution in [0.4, 0.5) is 0 Å². The van der Waals surface area contributed by atoms with Gasteiger partial charge >= 0.3 is 5.97 Å². The number of para-hydroxylation sites is 1. The number of rotatable bonds is 14. The van der Waals surface area contributed by atoms with Gasteiger partial charge in [0.15, 0.2) is 0 Å². The number of carboxylic acid groups (broad SMARTS) is 1. The molecule has 3 amide bonds. The second-order valence-electron chi connectivity index (χ2n) is 8.34. The third kappa shape index (κ3) is 8.26. The first kappa shape index (κ1) is 28.1. The summed E-state index contributed by atoms with van der Waals surface area (Å²) in [5, 5.41) is 18.0. The van der Waals surface area contributed by atoms with Gasteiger partial charge in [-0.25, -0.2) is 4.79 Å². The van der Waals surface area contributed by atoms with Crippen molar-refractivity contribution in [1.29, 1.82) is 0 Å². The van der Waals surface area contributed by atoms with Crippen molar-refractivity contribution in [1.82, 2.24) is 20.9 Å². The summed E-state index contributed by atoms with van der Waals surface area (Å²) >= 11 is 4.15. The van der Waals surface area contributed by atoms with Crippen molar-refractivity contribution < 1.29 is 24.3 Å². The summed E-state index contributed by atoms with van der Waals surface area (Å²) in [6.07, 6.45) is 3.26. The Kier molecular flexibility index (Phi) is 11.0. The number of aromatic amines is 1. The van der Waals surface area contributed by atoms with Gasteiger partial charge < -0.3 is 37.5 Å².